The zero-order valence-electron chi connectivity index (χ0n) is 22.2. The highest BCUT2D eigenvalue weighted by atomic mass is 19.1. The van der Waals surface area contributed by atoms with E-state index in [1.54, 1.807) is 25.1 Å². The van der Waals surface area contributed by atoms with E-state index >= 15 is 0 Å². The number of para-hydroxylation sites is 1. The van der Waals surface area contributed by atoms with Crippen LogP contribution in [-0.2, 0) is 9.59 Å². The van der Waals surface area contributed by atoms with E-state index in [1.165, 1.54) is 26.1 Å². The Morgan fingerprint density at radius 1 is 1.05 bits per heavy atom. The Hall–Kier alpha value is -4.73. The molecule has 1 unspecified atom stereocenters. The molecule has 1 atom stereocenters. The molecule has 39 heavy (non-hydrogen) atoms. The van der Waals surface area contributed by atoms with E-state index in [0.717, 1.165) is 5.56 Å². The third-order valence-corrected chi connectivity index (χ3v) is 6.57. The molecule has 0 spiro atoms. The van der Waals surface area contributed by atoms with Crippen LogP contribution in [0.1, 0.15) is 55.1 Å². The molecule has 0 saturated carbocycles. The topological polar surface area (TPSA) is 122 Å². The molecule has 2 aromatic carbocycles. The van der Waals surface area contributed by atoms with Gasteiger partial charge in [-0.1, -0.05) is 44.2 Å². The second kappa shape index (κ2) is 10.9. The van der Waals surface area contributed by atoms with Crippen LogP contribution in [0.4, 0.5) is 4.39 Å². The third kappa shape index (κ3) is 5.45. The Morgan fingerprint density at radius 3 is 2.49 bits per heavy atom. The number of hydrogen-bond acceptors (Lipinski definition) is 7. The van der Waals surface area contributed by atoms with Gasteiger partial charge in [-0.25, -0.2) is 9.37 Å². The van der Waals surface area contributed by atoms with Gasteiger partial charge in [0.05, 0.1) is 16.7 Å². The number of halogens is 1. The Kier molecular flexibility index (Phi) is 7.66. The summed E-state index contributed by atoms with van der Waals surface area (Å²) in [5, 5.41) is 13.1. The van der Waals surface area contributed by atoms with Crippen LogP contribution in [0.3, 0.4) is 0 Å². The van der Waals surface area contributed by atoms with Gasteiger partial charge in [0, 0.05) is 29.7 Å². The minimum atomic E-state index is -1.01. The molecule has 9 nitrogen and oxygen atoms in total. The molecule has 0 saturated heterocycles. The standard InChI is InChI=1S/C29H28FN5O4/c1-16(26(37)31-5)34-35-17(2)32-28(38)29(3,4)25-20-8-6-7-9-24(20)39-27-21(25)12-13-23(33-27)18-10-11-19(15-36)22(30)14-18/h6-15,25H,1-5H3,(H,31,37)(H,32,35,38)/b34-16+. The monoisotopic (exact) mass is 529 g/mol. The van der Waals surface area contributed by atoms with E-state index in [-0.39, 0.29) is 28.9 Å². The maximum atomic E-state index is 14.3. The van der Waals surface area contributed by atoms with Crippen LogP contribution in [-0.4, -0.2) is 41.7 Å². The van der Waals surface area contributed by atoms with Crippen LogP contribution in [0.5, 0.6) is 11.6 Å². The number of ether oxygens (including phenoxy) is 1. The van der Waals surface area contributed by atoms with Crippen molar-refractivity contribution in [3.8, 4) is 22.9 Å². The number of nitrogens with zero attached hydrogens (tertiary/aromatic N) is 3. The summed E-state index contributed by atoms with van der Waals surface area (Å²) in [6, 6.07) is 15.2. The van der Waals surface area contributed by atoms with E-state index < -0.39 is 17.2 Å². The van der Waals surface area contributed by atoms with Gasteiger partial charge in [-0.15, -0.1) is 10.2 Å². The normalized spacial score (nSPS) is 15.0. The van der Waals surface area contributed by atoms with E-state index in [4.69, 9.17) is 4.74 Å². The zero-order chi connectivity index (χ0) is 28.3. The molecule has 4 rings (SSSR count). The Morgan fingerprint density at radius 2 is 1.79 bits per heavy atom. The quantitative estimate of drug-likeness (QED) is 0.209. The van der Waals surface area contributed by atoms with Gasteiger partial charge in [-0.05, 0) is 38.1 Å². The Labute approximate surface area is 225 Å². The first-order valence-corrected chi connectivity index (χ1v) is 12.2. The summed E-state index contributed by atoms with van der Waals surface area (Å²) in [5.74, 6) is -0.700. The van der Waals surface area contributed by atoms with Crippen molar-refractivity contribution in [2.75, 3.05) is 7.05 Å². The third-order valence-electron chi connectivity index (χ3n) is 6.57. The van der Waals surface area contributed by atoms with Crippen molar-refractivity contribution in [2.45, 2.75) is 33.6 Å². The van der Waals surface area contributed by atoms with Crippen molar-refractivity contribution < 1.29 is 23.5 Å². The number of carbonyl (C=O) groups is 3. The Bertz CT molecular complexity index is 1530. The fourth-order valence-electron chi connectivity index (χ4n) is 4.41. The molecule has 2 amide bonds. The van der Waals surface area contributed by atoms with Crippen molar-refractivity contribution in [3.05, 3.63) is 77.1 Å². The SMILES string of the molecule is CNC(=O)/C(C)=N/N=C(\C)NC(=O)C(C)(C)C1c2ccccc2Oc2nc(-c3ccc(C=O)c(F)c3)ccc21. The Balaban J connectivity index is 1.71. The number of rotatable bonds is 6. The highest BCUT2D eigenvalue weighted by Gasteiger charge is 2.44. The van der Waals surface area contributed by atoms with Crippen molar-refractivity contribution >= 4 is 29.6 Å². The zero-order valence-corrected chi connectivity index (χ0v) is 22.2. The first kappa shape index (κ1) is 27.3. The molecule has 1 aliphatic heterocycles. The summed E-state index contributed by atoms with van der Waals surface area (Å²) in [6.45, 7) is 6.73. The summed E-state index contributed by atoms with van der Waals surface area (Å²) in [4.78, 5) is 40.9. The van der Waals surface area contributed by atoms with Gasteiger partial charge in [0.25, 0.3) is 5.91 Å². The molecule has 200 valence electrons. The number of fused-ring (bicyclic) bond motifs is 2. The van der Waals surface area contributed by atoms with Crippen LogP contribution in [0.2, 0.25) is 0 Å². The first-order chi connectivity index (χ1) is 18.6. The van der Waals surface area contributed by atoms with Crippen molar-refractivity contribution in [2.24, 2.45) is 15.6 Å². The number of carbonyl (C=O) groups excluding carboxylic acids is 3. The van der Waals surface area contributed by atoms with Gasteiger partial charge in [-0.3, -0.25) is 14.4 Å². The number of hydrogen-bond donors (Lipinski definition) is 2. The lowest BCUT2D eigenvalue weighted by atomic mass is 9.69. The molecular formula is C29H28FN5O4. The lowest BCUT2D eigenvalue weighted by Gasteiger charge is -2.37. The number of nitrogens with one attached hydrogen (secondary N) is 2. The van der Waals surface area contributed by atoms with Gasteiger partial charge in [0.1, 0.15) is 23.1 Å². The number of amides is 2. The maximum absolute atomic E-state index is 14.3. The van der Waals surface area contributed by atoms with E-state index in [2.05, 4.69) is 25.8 Å². The molecule has 1 aromatic heterocycles. The van der Waals surface area contributed by atoms with Crippen molar-refractivity contribution in [3.63, 3.8) is 0 Å². The van der Waals surface area contributed by atoms with E-state index in [0.29, 0.717) is 34.7 Å². The summed E-state index contributed by atoms with van der Waals surface area (Å²) in [6.07, 6.45) is 0.457. The highest BCUT2D eigenvalue weighted by Crippen LogP contribution is 2.51. The molecule has 2 heterocycles. The van der Waals surface area contributed by atoms with E-state index in [9.17, 15) is 18.8 Å². The molecule has 0 aliphatic carbocycles. The average molecular weight is 530 g/mol. The lowest BCUT2D eigenvalue weighted by Crippen LogP contribution is -2.44. The average Bonchev–Trinajstić information content (AvgIpc) is 2.93. The summed E-state index contributed by atoms with van der Waals surface area (Å²) >= 11 is 0. The van der Waals surface area contributed by atoms with Crippen LogP contribution in [0.15, 0.2) is 64.8 Å². The minimum absolute atomic E-state index is 0.0389. The molecule has 0 bridgehead atoms. The summed E-state index contributed by atoms with van der Waals surface area (Å²) < 4.78 is 20.4. The maximum Gasteiger partial charge on any atom is 0.267 e. The lowest BCUT2D eigenvalue weighted by molar-refractivity contribution is -0.128. The molecule has 1 aliphatic rings. The summed E-state index contributed by atoms with van der Waals surface area (Å²) in [7, 11) is 1.49. The van der Waals surface area contributed by atoms with Crippen molar-refractivity contribution in [1.29, 1.82) is 0 Å². The van der Waals surface area contributed by atoms with Crippen LogP contribution in [0.25, 0.3) is 11.3 Å². The van der Waals surface area contributed by atoms with Gasteiger partial charge in [0.15, 0.2) is 6.29 Å². The molecule has 2 N–H and O–H groups in total. The van der Waals surface area contributed by atoms with Crippen LogP contribution in [0, 0.1) is 11.2 Å². The predicted octanol–water partition coefficient (Wildman–Crippen LogP) is 4.62. The fourth-order valence-corrected chi connectivity index (χ4v) is 4.41. The molecular weight excluding hydrogens is 501 g/mol. The largest absolute Gasteiger partial charge is 0.438 e. The number of amidine groups is 1. The van der Waals surface area contributed by atoms with Gasteiger partial charge in [-0.2, -0.15) is 0 Å². The first-order valence-electron chi connectivity index (χ1n) is 12.2. The number of benzene rings is 2. The number of pyridine rings is 1. The van der Waals surface area contributed by atoms with Gasteiger partial charge < -0.3 is 15.4 Å². The van der Waals surface area contributed by atoms with E-state index in [1.807, 2.05) is 38.1 Å². The smallest absolute Gasteiger partial charge is 0.267 e. The number of aromatic nitrogens is 1. The second-order valence-corrected chi connectivity index (χ2v) is 9.64. The second-order valence-electron chi connectivity index (χ2n) is 9.64. The van der Waals surface area contributed by atoms with Crippen molar-refractivity contribution in [1.82, 2.24) is 15.6 Å². The van der Waals surface area contributed by atoms with Crippen LogP contribution >= 0.6 is 0 Å². The molecule has 0 fully saturated rings. The number of aldehydes is 1. The fraction of sp³-hybridized carbons (Fsp3) is 0.241. The highest BCUT2D eigenvalue weighted by molar-refractivity contribution is 6.37. The molecule has 0 radical (unpaired) electrons. The summed E-state index contributed by atoms with van der Waals surface area (Å²) in [5.41, 5.74) is 1.54. The molecule has 3 aromatic rings. The molecule has 10 heteroatoms. The minimum Gasteiger partial charge on any atom is -0.438 e. The van der Waals surface area contributed by atoms with Crippen LogP contribution < -0.4 is 15.4 Å². The predicted molar refractivity (Wildman–Crippen MR) is 146 cm³/mol. The van der Waals surface area contributed by atoms with Gasteiger partial charge in [0.2, 0.25) is 11.8 Å². The van der Waals surface area contributed by atoms with Gasteiger partial charge >= 0.3 is 0 Å².